The highest BCUT2D eigenvalue weighted by Gasteiger charge is 2.18. The quantitative estimate of drug-likeness (QED) is 0.898. The molecule has 0 aliphatic carbocycles. The molecular weight excluding hydrogens is 256 g/mol. The second-order valence-corrected chi connectivity index (χ2v) is 4.38. The van der Waals surface area contributed by atoms with Gasteiger partial charge in [0.2, 0.25) is 0 Å². The lowest BCUT2D eigenvalue weighted by Gasteiger charge is -2.24. The van der Waals surface area contributed by atoms with Crippen LogP contribution < -0.4 is 5.73 Å². The van der Waals surface area contributed by atoms with E-state index in [0.29, 0.717) is 12.6 Å². The SMILES string of the molecule is CCN(CC)C(C)c1cc(Br)c(CN)o1. The molecule has 1 unspecified atom stereocenters. The minimum atomic E-state index is 0.302. The van der Waals surface area contributed by atoms with Crippen LogP contribution in [0.25, 0.3) is 0 Å². The Kier molecular flexibility index (Phi) is 4.83. The van der Waals surface area contributed by atoms with Crippen LogP contribution in [0.1, 0.15) is 38.3 Å². The Morgan fingerprint density at radius 1 is 1.47 bits per heavy atom. The molecule has 0 aliphatic heterocycles. The predicted molar refractivity (Wildman–Crippen MR) is 65.6 cm³/mol. The van der Waals surface area contributed by atoms with Crippen molar-refractivity contribution in [2.75, 3.05) is 13.1 Å². The van der Waals surface area contributed by atoms with Crippen LogP contribution >= 0.6 is 15.9 Å². The van der Waals surface area contributed by atoms with E-state index in [9.17, 15) is 0 Å². The van der Waals surface area contributed by atoms with Gasteiger partial charge >= 0.3 is 0 Å². The highest BCUT2D eigenvalue weighted by atomic mass is 79.9. The van der Waals surface area contributed by atoms with E-state index in [2.05, 4.69) is 41.6 Å². The molecule has 0 bridgehead atoms. The summed E-state index contributed by atoms with van der Waals surface area (Å²) in [5, 5.41) is 0. The fraction of sp³-hybridized carbons (Fsp3) is 0.636. The maximum Gasteiger partial charge on any atom is 0.131 e. The highest BCUT2D eigenvalue weighted by molar-refractivity contribution is 9.10. The third kappa shape index (κ3) is 2.83. The first-order valence-corrected chi connectivity index (χ1v) is 6.15. The molecule has 1 aromatic heterocycles. The molecule has 15 heavy (non-hydrogen) atoms. The standard InChI is InChI=1S/C11H19BrN2O/c1-4-14(5-2)8(3)10-6-9(12)11(7-13)15-10/h6,8H,4-5,7,13H2,1-3H3. The van der Waals surface area contributed by atoms with Gasteiger partial charge in [0.25, 0.3) is 0 Å². The predicted octanol–water partition coefficient (Wildman–Crippen LogP) is 2.90. The topological polar surface area (TPSA) is 42.4 Å². The van der Waals surface area contributed by atoms with E-state index in [1.54, 1.807) is 0 Å². The summed E-state index contributed by atoms with van der Waals surface area (Å²) in [6.45, 7) is 8.94. The number of halogens is 1. The van der Waals surface area contributed by atoms with Crippen molar-refractivity contribution in [2.45, 2.75) is 33.4 Å². The largest absolute Gasteiger partial charge is 0.462 e. The van der Waals surface area contributed by atoms with Gasteiger partial charge in [0.05, 0.1) is 17.1 Å². The molecule has 2 N–H and O–H groups in total. The molecule has 4 heteroatoms. The van der Waals surface area contributed by atoms with Crippen LogP contribution in [-0.2, 0) is 6.54 Å². The van der Waals surface area contributed by atoms with Crippen LogP contribution in [-0.4, -0.2) is 18.0 Å². The number of hydrogen-bond acceptors (Lipinski definition) is 3. The van der Waals surface area contributed by atoms with Crippen LogP contribution in [0.3, 0.4) is 0 Å². The Morgan fingerprint density at radius 3 is 2.47 bits per heavy atom. The van der Waals surface area contributed by atoms with Crippen LogP contribution in [0.5, 0.6) is 0 Å². The third-order valence-electron chi connectivity index (χ3n) is 2.73. The maximum absolute atomic E-state index is 5.70. The summed E-state index contributed by atoms with van der Waals surface area (Å²) < 4.78 is 6.67. The van der Waals surface area contributed by atoms with Crippen molar-refractivity contribution in [3.8, 4) is 0 Å². The van der Waals surface area contributed by atoms with Gasteiger partial charge in [-0.2, -0.15) is 0 Å². The normalized spacial score (nSPS) is 13.5. The second-order valence-electron chi connectivity index (χ2n) is 3.52. The fourth-order valence-corrected chi connectivity index (χ4v) is 2.19. The van der Waals surface area contributed by atoms with E-state index < -0.39 is 0 Å². The van der Waals surface area contributed by atoms with Crippen molar-refractivity contribution >= 4 is 15.9 Å². The molecular formula is C11H19BrN2O. The molecule has 0 saturated heterocycles. The second kappa shape index (κ2) is 5.68. The first-order valence-electron chi connectivity index (χ1n) is 5.36. The van der Waals surface area contributed by atoms with Gasteiger partial charge in [0.1, 0.15) is 11.5 Å². The summed E-state index contributed by atoms with van der Waals surface area (Å²) in [5.74, 6) is 1.80. The monoisotopic (exact) mass is 274 g/mol. The average molecular weight is 275 g/mol. The first kappa shape index (κ1) is 12.7. The van der Waals surface area contributed by atoms with Crippen molar-refractivity contribution in [1.29, 1.82) is 0 Å². The minimum Gasteiger partial charge on any atom is -0.462 e. The van der Waals surface area contributed by atoms with Crippen molar-refractivity contribution in [3.63, 3.8) is 0 Å². The Morgan fingerprint density at radius 2 is 2.07 bits per heavy atom. The lowest BCUT2D eigenvalue weighted by molar-refractivity contribution is 0.205. The molecule has 3 nitrogen and oxygen atoms in total. The third-order valence-corrected chi connectivity index (χ3v) is 3.40. The lowest BCUT2D eigenvalue weighted by Crippen LogP contribution is -2.26. The smallest absolute Gasteiger partial charge is 0.131 e. The minimum absolute atomic E-state index is 0.302. The van der Waals surface area contributed by atoms with Gasteiger partial charge in [-0.25, -0.2) is 0 Å². The number of nitrogens with two attached hydrogens (primary N) is 1. The number of rotatable bonds is 5. The van der Waals surface area contributed by atoms with Gasteiger partial charge < -0.3 is 10.2 Å². The molecule has 1 heterocycles. The van der Waals surface area contributed by atoms with E-state index >= 15 is 0 Å². The molecule has 0 aromatic carbocycles. The molecule has 86 valence electrons. The molecule has 1 aromatic rings. The lowest BCUT2D eigenvalue weighted by atomic mass is 10.2. The van der Waals surface area contributed by atoms with Gasteiger partial charge in [-0.05, 0) is 42.0 Å². The molecule has 1 atom stereocenters. The number of hydrogen-bond donors (Lipinski definition) is 1. The van der Waals surface area contributed by atoms with E-state index in [4.69, 9.17) is 10.2 Å². The Hall–Kier alpha value is -0.320. The molecule has 0 saturated carbocycles. The van der Waals surface area contributed by atoms with Gasteiger partial charge in [0, 0.05) is 0 Å². The number of nitrogens with zero attached hydrogens (tertiary/aromatic N) is 1. The van der Waals surface area contributed by atoms with Crippen LogP contribution in [0.4, 0.5) is 0 Å². The molecule has 0 aliphatic rings. The van der Waals surface area contributed by atoms with Crippen molar-refractivity contribution < 1.29 is 4.42 Å². The van der Waals surface area contributed by atoms with Crippen LogP contribution in [0, 0.1) is 0 Å². The van der Waals surface area contributed by atoms with E-state index in [0.717, 1.165) is 29.1 Å². The summed E-state index contributed by atoms with van der Waals surface area (Å²) in [7, 11) is 0. The highest BCUT2D eigenvalue weighted by Crippen LogP contribution is 2.28. The summed E-state index contributed by atoms with van der Waals surface area (Å²) >= 11 is 3.45. The zero-order valence-electron chi connectivity index (χ0n) is 9.59. The maximum atomic E-state index is 5.70. The van der Waals surface area contributed by atoms with Crippen molar-refractivity contribution in [1.82, 2.24) is 4.90 Å². The van der Waals surface area contributed by atoms with Gasteiger partial charge in [-0.1, -0.05) is 13.8 Å². The molecule has 0 amide bonds. The fourth-order valence-electron chi connectivity index (χ4n) is 1.72. The van der Waals surface area contributed by atoms with E-state index in [1.165, 1.54) is 0 Å². The number of furan rings is 1. The molecule has 1 rings (SSSR count). The molecule has 0 spiro atoms. The average Bonchev–Trinajstić information content (AvgIpc) is 2.61. The zero-order valence-corrected chi connectivity index (χ0v) is 11.2. The van der Waals surface area contributed by atoms with Gasteiger partial charge in [-0.15, -0.1) is 0 Å². The summed E-state index contributed by atoms with van der Waals surface area (Å²) in [4.78, 5) is 2.34. The van der Waals surface area contributed by atoms with Gasteiger partial charge in [0.15, 0.2) is 0 Å². The van der Waals surface area contributed by atoms with Crippen LogP contribution in [0.2, 0.25) is 0 Å². The first-order chi connectivity index (χ1) is 7.13. The Balaban J connectivity index is 2.85. The Bertz CT molecular complexity index is 308. The summed E-state index contributed by atoms with van der Waals surface area (Å²) in [6.07, 6.45) is 0. The summed E-state index contributed by atoms with van der Waals surface area (Å²) in [6, 6.07) is 2.32. The van der Waals surface area contributed by atoms with Crippen molar-refractivity contribution in [2.24, 2.45) is 5.73 Å². The Labute approximate surface area is 99.7 Å². The summed E-state index contributed by atoms with van der Waals surface area (Å²) in [5.41, 5.74) is 5.57. The van der Waals surface area contributed by atoms with Crippen LogP contribution in [0.15, 0.2) is 15.0 Å². The van der Waals surface area contributed by atoms with E-state index in [1.807, 2.05) is 6.07 Å². The van der Waals surface area contributed by atoms with Gasteiger partial charge in [-0.3, -0.25) is 4.90 Å². The molecule has 0 radical (unpaired) electrons. The molecule has 0 fully saturated rings. The van der Waals surface area contributed by atoms with E-state index in [-0.39, 0.29) is 0 Å². The zero-order chi connectivity index (χ0) is 11.4. The van der Waals surface area contributed by atoms with Crippen molar-refractivity contribution in [3.05, 3.63) is 22.1 Å².